The number of phenolic OH excluding ortho intramolecular Hbond substituents is 1. The SMILES string of the molecule is CCC(O)c1ccc(O)c(C2(C)CCCCC2)c1. The lowest BCUT2D eigenvalue weighted by Gasteiger charge is -2.35. The Bertz CT molecular complexity index is 406. The summed E-state index contributed by atoms with van der Waals surface area (Å²) in [6, 6.07) is 5.58. The fourth-order valence-electron chi connectivity index (χ4n) is 3.08. The van der Waals surface area contributed by atoms with Crippen LogP contribution in [0.15, 0.2) is 18.2 Å². The van der Waals surface area contributed by atoms with Gasteiger partial charge in [0.15, 0.2) is 0 Å². The molecule has 0 bridgehead atoms. The van der Waals surface area contributed by atoms with E-state index >= 15 is 0 Å². The maximum Gasteiger partial charge on any atom is 0.119 e. The van der Waals surface area contributed by atoms with E-state index < -0.39 is 6.10 Å². The van der Waals surface area contributed by atoms with Crippen LogP contribution in [0, 0.1) is 0 Å². The van der Waals surface area contributed by atoms with Crippen LogP contribution in [-0.4, -0.2) is 10.2 Å². The molecule has 0 spiro atoms. The number of aliphatic hydroxyl groups excluding tert-OH is 1. The first kappa shape index (κ1) is 13.4. The maximum absolute atomic E-state index is 10.1. The number of rotatable bonds is 3. The molecular formula is C16H24O2. The molecule has 0 radical (unpaired) electrons. The molecule has 1 aromatic carbocycles. The van der Waals surface area contributed by atoms with Crippen LogP contribution < -0.4 is 0 Å². The molecule has 1 aliphatic carbocycles. The molecule has 1 saturated carbocycles. The zero-order chi connectivity index (χ0) is 13.2. The smallest absolute Gasteiger partial charge is 0.119 e. The van der Waals surface area contributed by atoms with Crippen LogP contribution >= 0.6 is 0 Å². The highest BCUT2D eigenvalue weighted by Crippen LogP contribution is 2.43. The molecule has 0 saturated heterocycles. The minimum Gasteiger partial charge on any atom is -0.508 e. The number of benzene rings is 1. The minimum atomic E-state index is -0.420. The normalized spacial score (nSPS) is 20.6. The Morgan fingerprint density at radius 3 is 2.50 bits per heavy atom. The Kier molecular flexibility index (Phi) is 3.96. The van der Waals surface area contributed by atoms with E-state index in [4.69, 9.17) is 0 Å². The molecule has 0 amide bonds. The Labute approximate surface area is 110 Å². The molecule has 100 valence electrons. The number of hydrogen-bond donors (Lipinski definition) is 2. The molecule has 2 nitrogen and oxygen atoms in total. The summed E-state index contributed by atoms with van der Waals surface area (Å²) < 4.78 is 0. The van der Waals surface area contributed by atoms with Crippen molar-refractivity contribution in [1.82, 2.24) is 0 Å². The summed E-state index contributed by atoms with van der Waals surface area (Å²) in [7, 11) is 0. The fraction of sp³-hybridized carbons (Fsp3) is 0.625. The number of aliphatic hydroxyl groups is 1. The van der Waals surface area contributed by atoms with Crippen molar-refractivity contribution in [3.8, 4) is 5.75 Å². The van der Waals surface area contributed by atoms with Gasteiger partial charge in [-0.2, -0.15) is 0 Å². The van der Waals surface area contributed by atoms with Crippen molar-refractivity contribution in [1.29, 1.82) is 0 Å². The summed E-state index contributed by atoms with van der Waals surface area (Å²) >= 11 is 0. The first-order chi connectivity index (χ1) is 8.57. The van der Waals surface area contributed by atoms with Crippen molar-refractivity contribution >= 4 is 0 Å². The van der Waals surface area contributed by atoms with Gasteiger partial charge in [-0.1, -0.05) is 39.2 Å². The minimum absolute atomic E-state index is 0.0752. The van der Waals surface area contributed by atoms with E-state index in [0.717, 1.165) is 24.0 Å². The van der Waals surface area contributed by atoms with E-state index in [1.165, 1.54) is 19.3 Å². The van der Waals surface area contributed by atoms with Gasteiger partial charge >= 0.3 is 0 Å². The summed E-state index contributed by atoms with van der Waals surface area (Å²) in [5, 5.41) is 20.1. The third-order valence-corrected chi connectivity index (χ3v) is 4.40. The second-order valence-electron chi connectivity index (χ2n) is 5.82. The largest absolute Gasteiger partial charge is 0.508 e. The number of aromatic hydroxyl groups is 1. The van der Waals surface area contributed by atoms with Gasteiger partial charge in [-0.25, -0.2) is 0 Å². The van der Waals surface area contributed by atoms with Crippen LogP contribution in [0.1, 0.15) is 69.6 Å². The number of hydrogen-bond acceptors (Lipinski definition) is 2. The molecule has 1 atom stereocenters. The standard InChI is InChI=1S/C16H24O2/c1-3-14(17)12-7-8-15(18)13(11-12)16(2)9-5-4-6-10-16/h7-8,11,14,17-18H,3-6,9-10H2,1-2H3. The van der Waals surface area contributed by atoms with Crippen LogP contribution in [0.4, 0.5) is 0 Å². The Morgan fingerprint density at radius 2 is 1.89 bits per heavy atom. The highest BCUT2D eigenvalue weighted by atomic mass is 16.3. The van der Waals surface area contributed by atoms with Crippen molar-refractivity contribution in [3.63, 3.8) is 0 Å². The van der Waals surface area contributed by atoms with E-state index in [-0.39, 0.29) is 5.41 Å². The van der Waals surface area contributed by atoms with E-state index in [1.54, 1.807) is 6.07 Å². The third kappa shape index (κ3) is 2.54. The molecule has 2 N–H and O–H groups in total. The second-order valence-corrected chi connectivity index (χ2v) is 5.82. The van der Waals surface area contributed by atoms with Gasteiger partial charge in [-0.15, -0.1) is 0 Å². The molecule has 0 heterocycles. The second kappa shape index (κ2) is 5.31. The molecular weight excluding hydrogens is 224 g/mol. The summed E-state index contributed by atoms with van der Waals surface area (Å²) in [5.74, 6) is 0.381. The van der Waals surface area contributed by atoms with Crippen molar-refractivity contribution in [2.24, 2.45) is 0 Å². The Morgan fingerprint density at radius 1 is 1.22 bits per heavy atom. The van der Waals surface area contributed by atoms with Gasteiger partial charge < -0.3 is 10.2 Å². The average molecular weight is 248 g/mol. The zero-order valence-electron chi connectivity index (χ0n) is 11.4. The van der Waals surface area contributed by atoms with Gasteiger partial charge in [0.2, 0.25) is 0 Å². The van der Waals surface area contributed by atoms with Gasteiger partial charge in [-0.05, 0) is 42.4 Å². The van der Waals surface area contributed by atoms with Crippen LogP contribution in [-0.2, 0) is 5.41 Å². The highest BCUT2D eigenvalue weighted by Gasteiger charge is 2.31. The molecule has 1 aliphatic rings. The topological polar surface area (TPSA) is 40.5 Å². The molecule has 1 unspecified atom stereocenters. The predicted octanol–water partition coefficient (Wildman–Crippen LogP) is 4.06. The van der Waals surface area contributed by atoms with Crippen molar-refractivity contribution in [3.05, 3.63) is 29.3 Å². The van der Waals surface area contributed by atoms with Gasteiger partial charge in [-0.3, -0.25) is 0 Å². The van der Waals surface area contributed by atoms with Crippen molar-refractivity contribution in [2.75, 3.05) is 0 Å². The summed E-state index contributed by atoms with van der Waals surface area (Å²) in [5.41, 5.74) is 2.02. The van der Waals surface area contributed by atoms with Crippen molar-refractivity contribution in [2.45, 2.75) is 63.9 Å². The first-order valence-electron chi connectivity index (χ1n) is 7.08. The zero-order valence-corrected chi connectivity index (χ0v) is 11.4. The molecule has 2 rings (SSSR count). The van der Waals surface area contributed by atoms with Crippen LogP contribution in [0.25, 0.3) is 0 Å². The lowest BCUT2D eigenvalue weighted by atomic mass is 9.70. The van der Waals surface area contributed by atoms with Crippen LogP contribution in [0.3, 0.4) is 0 Å². The van der Waals surface area contributed by atoms with Gasteiger partial charge in [0.25, 0.3) is 0 Å². The lowest BCUT2D eigenvalue weighted by Crippen LogP contribution is -2.25. The van der Waals surface area contributed by atoms with E-state index in [9.17, 15) is 10.2 Å². The molecule has 2 heteroatoms. The van der Waals surface area contributed by atoms with Gasteiger partial charge in [0.1, 0.15) is 5.75 Å². The predicted molar refractivity (Wildman–Crippen MR) is 73.8 cm³/mol. The monoisotopic (exact) mass is 248 g/mol. The average Bonchev–Trinajstić information content (AvgIpc) is 2.39. The molecule has 1 fully saturated rings. The number of phenols is 1. The molecule has 0 aliphatic heterocycles. The summed E-state index contributed by atoms with van der Waals surface area (Å²) in [6.07, 6.45) is 6.32. The van der Waals surface area contributed by atoms with E-state index in [2.05, 4.69) is 6.92 Å². The van der Waals surface area contributed by atoms with Gasteiger partial charge in [0, 0.05) is 5.56 Å². The lowest BCUT2D eigenvalue weighted by molar-refractivity contribution is 0.173. The quantitative estimate of drug-likeness (QED) is 0.847. The van der Waals surface area contributed by atoms with E-state index in [1.807, 2.05) is 19.1 Å². The first-order valence-corrected chi connectivity index (χ1v) is 7.08. The Hall–Kier alpha value is -1.02. The van der Waals surface area contributed by atoms with Crippen molar-refractivity contribution < 1.29 is 10.2 Å². The van der Waals surface area contributed by atoms with Crippen LogP contribution in [0.2, 0.25) is 0 Å². The highest BCUT2D eigenvalue weighted by molar-refractivity contribution is 5.42. The van der Waals surface area contributed by atoms with Gasteiger partial charge in [0.05, 0.1) is 6.10 Å². The fourth-order valence-corrected chi connectivity index (χ4v) is 3.08. The van der Waals surface area contributed by atoms with Crippen LogP contribution in [0.5, 0.6) is 5.75 Å². The summed E-state index contributed by atoms with van der Waals surface area (Å²) in [4.78, 5) is 0. The third-order valence-electron chi connectivity index (χ3n) is 4.40. The maximum atomic E-state index is 10.1. The molecule has 0 aromatic heterocycles. The molecule has 1 aromatic rings. The summed E-state index contributed by atoms with van der Waals surface area (Å²) in [6.45, 7) is 4.21. The van der Waals surface area contributed by atoms with E-state index in [0.29, 0.717) is 12.2 Å². The molecule has 18 heavy (non-hydrogen) atoms. The Balaban J connectivity index is 2.36.